The van der Waals surface area contributed by atoms with Crippen molar-refractivity contribution in [2.24, 2.45) is 11.3 Å². The van der Waals surface area contributed by atoms with Crippen LogP contribution in [0.1, 0.15) is 60.3 Å². The minimum absolute atomic E-state index is 0.500. The van der Waals surface area contributed by atoms with E-state index in [-0.39, 0.29) is 0 Å². The molecule has 0 aromatic rings. The molecule has 0 aliphatic rings. The van der Waals surface area contributed by atoms with Crippen molar-refractivity contribution in [3.63, 3.8) is 0 Å². The fourth-order valence-corrected chi connectivity index (χ4v) is 1.37. The molecule has 0 saturated carbocycles. The lowest BCUT2D eigenvalue weighted by atomic mass is 9.83. The lowest BCUT2D eigenvalue weighted by molar-refractivity contribution is 0.320. The molecule has 0 atom stereocenters. The van der Waals surface area contributed by atoms with Crippen LogP contribution in [0.4, 0.5) is 0 Å². The summed E-state index contributed by atoms with van der Waals surface area (Å²) < 4.78 is 0. The van der Waals surface area contributed by atoms with Gasteiger partial charge in [-0.05, 0) is 30.6 Å². The minimum atomic E-state index is 0.500. The summed E-state index contributed by atoms with van der Waals surface area (Å²) in [5, 5.41) is 0. The molecule has 13 heavy (non-hydrogen) atoms. The van der Waals surface area contributed by atoms with Crippen LogP contribution in [0.2, 0.25) is 0 Å². The van der Waals surface area contributed by atoms with Crippen LogP contribution in [0.25, 0.3) is 0 Å². The summed E-state index contributed by atoms with van der Waals surface area (Å²) in [6, 6.07) is 0. The first kappa shape index (κ1) is 12.7. The van der Waals surface area contributed by atoms with Gasteiger partial charge < -0.3 is 0 Å². The molecule has 0 aliphatic carbocycles. The van der Waals surface area contributed by atoms with Crippen molar-refractivity contribution in [2.75, 3.05) is 0 Å². The zero-order valence-corrected chi connectivity index (χ0v) is 10.1. The molecule has 0 heteroatoms. The molecule has 78 valence electrons. The van der Waals surface area contributed by atoms with E-state index in [1.54, 1.807) is 0 Å². The highest BCUT2D eigenvalue weighted by molar-refractivity contribution is 4.95. The molecule has 0 unspecified atom stereocenters. The molecule has 0 saturated heterocycles. The summed E-state index contributed by atoms with van der Waals surface area (Å²) >= 11 is 0. The van der Waals surface area contributed by atoms with Crippen LogP contribution in [0.15, 0.2) is 12.2 Å². The maximum Gasteiger partial charge on any atom is -0.0300 e. The van der Waals surface area contributed by atoms with E-state index >= 15 is 0 Å². The molecular formula is C13H26. The quantitative estimate of drug-likeness (QED) is 0.517. The molecule has 0 rings (SSSR count). The van der Waals surface area contributed by atoms with E-state index in [4.69, 9.17) is 0 Å². The predicted octanol–water partition coefficient (Wildman–Crippen LogP) is 4.81. The van der Waals surface area contributed by atoms with Crippen LogP contribution in [0, 0.1) is 11.3 Å². The van der Waals surface area contributed by atoms with Gasteiger partial charge in [0.15, 0.2) is 0 Å². The summed E-state index contributed by atoms with van der Waals surface area (Å²) in [5.41, 5.74) is 1.93. The molecular weight excluding hydrogens is 156 g/mol. The van der Waals surface area contributed by atoms with Crippen LogP contribution in [-0.2, 0) is 0 Å². The highest BCUT2D eigenvalue weighted by atomic mass is 14.2. The molecule has 0 aliphatic heterocycles. The average Bonchev–Trinajstić information content (AvgIpc) is 2.00. The summed E-state index contributed by atoms with van der Waals surface area (Å²) in [6.07, 6.45) is 4.95. The van der Waals surface area contributed by atoms with E-state index in [1.807, 2.05) is 0 Å². The van der Waals surface area contributed by atoms with E-state index in [0.717, 1.165) is 5.92 Å². The number of allylic oxidation sites excluding steroid dienone is 1. The normalized spacial score (nSPS) is 12.2. The van der Waals surface area contributed by atoms with Gasteiger partial charge in [0.2, 0.25) is 0 Å². The summed E-state index contributed by atoms with van der Waals surface area (Å²) in [4.78, 5) is 0. The molecule has 0 bridgehead atoms. The van der Waals surface area contributed by atoms with Gasteiger partial charge in [0.25, 0.3) is 0 Å². The Bertz CT molecular complexity index is 151. The van der Waals surface area contributed by atoms with Gasteiger partial charge in [-0.3, -0.25) is 0 Å². The molecule has 0 fully saturated rings. The second-order valence-electron chi connectivity index (χ2n) is 5.37. The first-order valence-corrected chi connectivity index (χ1v) is 5.54. The van der Waals surface area contributed by atoms with Gasteiger partial charge in [0.1, 0.15) is 0 Å². The molecule has 0 radical (unpaired) electrons. The van der Waals surface area contributed by atoms with Gasteiger partial charge in [-0.1, -0.05) is 53.2 Å². The third-order valence-corrected chi connectivity index (χ3v) is 2.81. The van der Waals surface area contributed by atoms with Crippen LogP contribution >= 0.6 is 0 Å². The topological polar surface area (TPSA) is 0 Å². The number of hydrogen-bond donors (Lipinski definition) is 0. The molecule has 0 N–H and O–H groups in total. The zero-order chi connectivity index (χ0) is 10.5. The second kappa shape index (κ2) is 5.47. The maximum atomic E-state index is 4.13. The van der Waals surface area contributed by atoms with E-state index in [9.17, 15) is 0 Å². The molecule has 0 aromatic carbocycles. The minimum Gasteiger partial charge on any atom is -0.0999 e. The van der Waals surface area contributed by atoms with Crippen molar-refractivity contribution in [1.29, 1.82) is 0 Å². The lowest BCUT2D eigenvalue weighted by Crippen LogP contribution is -2.09. The largest absolute Gasteiger partial charge is 0.0999 e. The Labute approximate surface area is 84.4 Å². The smallest absolute Gasteiger partial charge is 0.0300 e. The Morgan fingerprint density at radius 2 is 1.85 bits per heavy atom. The Morgan fingerprint density at radius 1 is 1.31 bits per heavy atom. The molecule has 0 amide bonds. The third-order valence-electron chi connectivity index (χ3n) is 2.81. The van der Waals surface area contributed by atoms with Crippen LogP contribution in [-0.4, -0.2) is 0 Å². The SMILES string of the molecule is C=C(CCC(C)(C)CC)CC(C)C. The fourth-order valence-electron chi connectivity index (χ4n) is 1.37. The monoisotopic (exact) mass is 182 g/mol. The van der Waals surface area contributed by atoms with Crippen molar-refractivity contribution in [1.82, 2.24) is 0 Å². The Kier molecular flexibility index (Phi) is 5.36. The predicted molar refractivity (Wildman–Crippen MR) is 61.9 cm³/mol. The number of hydrogen-bond acceptors (Lipinski definition) is 0. The summed E-state index contributed by atoms with van der Waals surface area (Å²) in [6.45, 7) is 15.6. The fraction of sp³-hybridized carbons (Fsp3) is 0.846. The van der Waals surface area contributed by atoms with Gasteiger partial charge in [0, 0.05) is 0 Å². The van der Waals surface area contributed by atoms with E-state index in [0.29, 0.717) is 5.41 Å². The summed E-state index contributed by atoms with van der Waals surface area (Å²) in [7, 11) is 0. The van der Waals surface area contributed by atoms with Crippen LogP contribution in [0.3, 0.4) is 0 Å². The second-order valence-corrected chi connectivity index (χ2v) is 5.37. The highest BCUT2D eigenvalue weighted by Crippen LogP contribution is 2.28. The van der Waals surface area contributed by atoms with Crippen LogP contribution in [0.5, 0.6) is 0 Å². The Hall–Kier alpha value is -0.260. The number of rotatable bonds is 6. The molecule has 0 spiro atoms. The van der Waals surface area contributed by atoms with Crippen molar-refractivity contribution in [2.45, 2.75) is 60.3 Å². The zero-order valence-electron chi connectivity index (χ0n) is 10.1. The molecule has 0 aromatic heterocycles. The molecule has 0 nitrogen and oxygen atoms in total. The lowest BCUT2D eigenvalue weighted by Gasteiger charge is -2.23. The average molecular weight is 182 g/mol. The third kappa shape index (κ3) is 6.86. The van der Waals surface area contributed by atoms with Crippen molar-refractivity contribution in [3.8, 4) is 0 Å². The van der Waals surface area contributed by atoms with Gasteiger partial charge in [-0.15, -0.1) is 0 Å². The van der Waals surface area contributed by atoms with E-state index in [2.05, 4.69) is 41.2 Å². The van der Waals surface area contributed by atoms with Crippen molar-refractivity contribution >= 4 is 0 Å². The highest BCUT2D eigenvalue weighted by Gasteiger charge is 2.14. The first-order chi connectivity index (χ1) is 5.87. The van der Waals surface area contributed by atoms with E-state index < -0.39 is 0 Å². The van der Waals surface area contributed by atoms with Gasteiger partial charge in [0.05, 0.1) is 0 Å². The maximum absolute atomic E-state index is 4.13. The van der Waals surface area contributed by atoms with E-state index in [1.165, 1.54) is 31.3 Å². The Morgan fingerprint density at radius 3 is 2.23 bits per heavy atom. The molecule has 0 heterocycles. The van der Waals surface area contributed by atoms with Gasteiger partial charge in [-0.25, -0.2) is 0 Å². The standard InChI is InChI=1S/C13H26/c1-7-13(5,6)9-8-12(4)10-11(2)3/h11H,4,7-10H2,1-3,5-6H3. The van der Waals surface area contributed by atoms with Crippen LogP contribution < -0.4 is 0 Å². The summed E-state index contributed by atoms with van der Waals surface area (Å²) in [5.74, 6) is 0.761. The van der Waals surface area contributed by atoms with Gasteiger partial charge in [-0.2, -0.15) is 0 Å². The van der Waals surface area contributed by atoms with Crippen molar-refractivity contribution < 1.29 is 0 Å². The first-order valence-electron chi connectivity index (χ1n) is 5.54. The van der Waals surface area contributed by atoms with Crippen molar-refractivity contribution in [3.05, 3.63) is 12.2 Å². The Balaban J connectivity index is 3.70. The van der Waals surface area contributed by atoms with Gasteiger partial charge >= 0.3 is 0 Å².